The van der Waals surface area contributed by atoms with Crippen molar-refractivity contribution in [3.63, 3.8) is 0 Å². The summed E-state index contributed by atoms with van der Waals surface area (Å²) in [6.07, 6.45) is 8.15. The number of fused-ring (bicyclic) bond motifs is 1. The highest BCUT2D eigenvalue weighted by molar-refractivity contribution is 6.00. The minimum atomic E-state index is -1.12. The first-order valence-electron chi connectivity index (χ1n) is 12.4. The maximum absolute atomic E-state index is 13.9. The lowest BCUT2D eigenvalue weighted by Crippen LogP contribution is -2.64. The number of ether oxygens (including phenoxy) is 1. The molecule has 1 aromatic carbocycles. The fraction of sp³-hybridized carbons (Fsp3) is 0.444. The molecule has 1 N–H and O–H groups in total. The molecule has 1 aliphatic carbocycles. The standard InChI is InChI=1S/C27H32N4O4/c1-27(26(33)28-20-11-5-3-4-6-12-20)18-31-22(16-21(29-31)24-14-9-15-35-24)25(32)30(27)17-19-10-7-8-13-23(19)34-2/h7-10,13-16,20H,3-6,11-12,17-18H2,1-2H3,(H,28,33). The molecule has 2 aliphatic rings. The minimum Gasteiger partial charge on any atom is -0.496 e. The number of nitrogens with zero attached hydrogens (tertiary/aromatic N) is 3. The van der Waals surface area contributed by atoms with Gasteiger partial charge in [0.25, 0.3) is 5.91 Å². The zero-order valence-corrected chi connectivity index (χ0v) is 20.3. The summed E-state index contributed by atoms with van der Waals surface area (Å²) < 4.78 is 12.7. The zero-order valence-electron chi connectivity index (χ0n) is 20.3. The molecule has 2 amide bonds. The fourth-order valence-electron chi connectivity index (χ4n) is 5.20. The molecule has 3 aromatic rings. The van der Waals surface area contributed by atoms with Gasteiger partial charge >= 0.3 is 0 Å². The van der Waals surface area contributed by atoms with E-state index < -0.39 is 5.54 Å². The number of rotatable bonds is 6. The van der Waals surface area contributed by atoms with Gasteiger partial charge in [0, 0.05) is 17.7 Å². The van der Waals surface area contributed by atoms with Gasteiger partial charge in [-0.25, -0.2) is 0 Å². The van der Waals surface area contributed by atoms with E-state index in [0.717, 1.165) is 31.2 Å². The van der Waals surface area contributed by atoms with Crippen molar-refractivity contribution in [2.75, 3.05) is 7.11 Å². The molecular formula is C27H32N4O4. The molecule has 1 unspecified atom stereocenters. The zero-order chi connectivity index (χ0) is 24.4. The van der Waals surface area contributed by atoms with Crippen molar-refractivity contribution in [1.29, 1.82) is 0 Å². The van der Waals surface area contributed by atoms with Crippen molar-refractivity contribution in [2.24, 2.45) is 0 Å². The Bertz CT molecular complexity index is 1190. The smallest absolute Gasteiger partial charge is 0.273 e. The number of furan rings is 1. The fourth-order valence-corrected chi connectivity index (χ4v) is 5.20. The van der Waals surface area contributed by atoms with E-state index in [1.165, 1.54) is 12.8 Å². The van der Waals surface area contributed by atoms with Crippen molar-refractivity contribution >= 4 is 11.8 Å². The topological polar surface area (TPSA) is 89.6 Å². The summed E-state index contributed by atoms with van der Waals surface area (Å²) in [4.78, 5) is 29.4. The Morgan fingerprint density at radius 1 is 1.17 bits per heavy atom. The molecule has 5 rings (SSSR count). The third kappa shape index (κ3) is 4.45. The Morgan fingerprint density at radius 2 is 1.94 bits per heavy atom. The molecule has 1 saturated carbocycles. The molecule has 184 valence electrons. The molecule has 1 atom stereocenters. The highest BCUT2D eigenvalue weighted by Gasteiger charge is 2.48. The van der Waals surface area contributed by atoms with Gasteiger partial charge in [-0.2, -0.15) is 5.10 Å². The van der Waals surface area contributed by atoms with Crippen LogP contribution in [0, 0.1) is 0 Å². The molecule has 35 heavy (non-hydrogen) atoms. The van der Waals surface area contributed by atoms with Crippen LogP contribution in [0.4, 0.5) is 0 Å². The highest BCUT2D eigenvalue weighted by Crippen LogP contribution is 2.33. The Kier molecular flexibility index (Phi) is 6.36. The molecule has 0 radical (unpaired) electrons. The summed E-state index contributed by atoms with van der Waals surface area (Å²) in [5.74, 6) is 0.877. The van der Waals surface area contributed by atoms with Crippen molar-refractivity contribution in [1.82, 2.24) is 20.0 Å². The normalized spacial score (nSPS) is 20.9. The molecule has 8 nitrogen and oxygen atoms in total. The van der Waals surface area contributed by atoms with Gasteiger partial charge in [0.1, 0.15) is 22.7 Å². The molecule has 0 saturated heterocycles. The largest absolute Gasteiger partial charge is 0.496 e. The van der Waals surface area contributed by atoms with Gasteiger partial charge in [0.15, 0.2) is 5.76 Å². The Morgan fingerprint density at radius 3 is 2.66 bits per heavy atom. The molecule has 0 spiro atoms. The predicted molar refractivity (Wildman–Crippen MR) is 131 cm³/mol. The van der Waals surface area contributed by atoms with Gasteiger partial charge in [-0.05, 0) is 38.0 Å². The van der Waals surface area contributed by atoms with Gasteiger partial charge in [0.05, 0.1) is 26.5 Å². The van der Waals surface area contributed by atoms with Crippen LogP contribution in [0.1, 0.15) is 61.5 Å². The SMILES string of the molecule is COc1ccccc1CN1C(=O)c2cc(-c3ccco3)nn2CC1(C)C(=O)NC1CCCCCC1. The average Bonchev–Trinajstić information content (AvgIpc) is 3.47. The summed E-state index contributed by atoms with van der Waals surface area (Å²) in [6.45, 7) is 2.34. The number of methoxy groups -OCH3 is 1. The maximum Gasteiger partial charge on any atom is 0.273 e. The number of hydrogen-bond acceptors (Lipinski definition) is 5. The molecule has 3 heterocycles. The summed E-state index contributed by atoms with van der Waals surface area (Å²) in [5.41, 5.74) is 0.732. The Labute approximate surface area is 205 Å². The van der Waals surface area contributed by atoms with Crippen molar-refractivity contribution < 1.29 is 18.7 Å². The van der Waals surface area contributed by atoms with E-state index >= 15 is 0 Å². The van der Waals surface area contributed by atoms with Crippen molar-refractivity contribution in [2.45, 2.75) is 70.1 Å². The number of benzene rings is 1. The van der Waals surface area contributed by atoms with E-state index in [1.54, 1.807) is 35.1 Å². The first-order valence-corrected chi connectivity index (χ1v) is 12.4. The highest BCUT2D eigenvalue weighted by atomic mass is 16.5. The number of nitrogens with one attached hydrogen (secondary N) is 1. The molecular weight excluding hydrogens is 444 g/mol. The second-order valence-corrected chi connectivity index (χ2v) is 9.69. The number of hydrogen-bond donors (Lipinski definition) is 1. The average molecular weight is 477 g/mol. The summed E-state index contributed by atoms with van der Waals surface area (Å²) in [6, 6.07) is 13.1. The summed E-state index contributed by atoms with van der Waals surface area (Å²) >= 11 is 0. The number of para-hydroxylation sites is 1. The second kappa shape index (κ2) is 9.60. The van der Waals surface area contributed by atoms with E-state index in [4.69, 9.17) is 9.15 Å². The monoisotopic (exact) mass is 476 g/mol. The lowest BCUT2D eigenvalue weighted by atomic mass is 9.93. The second-order valence-electron chi connectivity index (χ2n) is 9.69. The van der Waals surface area contributed by atoms with Gasteiger partial charge in [-0.1, -0.05) is 43.9 Å². The van der Waals surface area contributed by atoms with Crippen LogP contribution in [0.5, 0.6) is 5.75 Å². The number of aromatic nitrogens is 2. The quantitative estimate of drug-likeness (QED) is 0.533. The van der Waals surface area contributed by atoms with Gasteiger partial charge in [0.2, 0.25) is 5.91 Å². The van der Waals surface area contributed by atoms with Crippen molar-refractivity contribution in [3.05, 3.63) is 60.0 Å². The molecule has 1 aliphatic heterocycles. The van der Waals surface area contributed by atoms with Gasteiger partial charge < -0.3 is 19.4 Å². The Balaban J connectivity index is 1.51. The lowest BCUT2D eigenvalue weighted by molar-refractivity contribution is -0.134. The van der Waals surface area contributed by atoms with Crippen LogP contribution in [0.2, 0.25) is 0 Å². The van der Waals surface area contributed by atoms with Crippen molar-refractivity contribution in [3.8, 4) is 17.2 Å². The number of carbonyl (C=O) groups excluding carboxylic acids is 2. The van der Waals surface area contributed by atoms with E-state index in [-0.39, 0.29) is 30.9 Å². The van der Waals surface area contributed by atoms with Gasteiger partial charge in [-0.15, -0.1) is 0 Å². The van der Waals surface area contributed by atoms with Crippen LogP contribution in [-0.2, 0) is 17.9 Å². The summed E-state index contributed by atoms with van der Waals surface area (Å²) in [5, 5.41) is 7.90. The van der Waals surface area contributed by atoms with Gasteiger partial charge in [-0.3, -0.25) is 14.3 Å². The van der Waals surface area contributed by atoms with E-state index in [0.29, 0.717) is 22.9 Å². The predicted octanol–water partition coefficient (Wildman–Crippen LogP) is 4.41. The number of amides is 2. The van der Waals surface area contributed by atoms with Crippen LogP contribution < -0.4 is 10.1 Å². The first kappa shape index (κ1) is 23.2. The summed E-state index contributed by atoms with van der Waals surface area (Å²) in [7, 11) is 1.61. The third-order valence-electron chi connectivity index (χ3n) is 7.27. The maximum atomic E-state index is 13.9. The third-order valence-corrected chi connectivity index (χ3v) is 7.27. The molecule has 8 heteroatoms. The van der Waals surface area contributed by atoms with Crippen LogP contribution in [-0.4, -0.2) is 45.2 Å². The molecule has 2 aromatic heterocycles. The first-order chi connectivity index (χ1) is 17.0. The molecule has 1 fully saturated rings. The molecule has 0 bridgehead atoms. The van der Waals surface area contributed by atoms with Crippen LogP contribution in [0.3, 0.4) is 0 Å². The lowest BCUT2D eigenvalue weighted by Gasteiger charge is -2.44. The van der Waals surface area contributed by atoms with Crippen LogP contribution >= 0.6 is 0 Å². The Hall–Kier alpha value is -3.55. The van der Waals surface area contributed by atoms with E-state index in [2.05, 4.69) is 10.4 Å². The van der Waals surface area contributed by atoms with E-state index in [9.17, 15) is 9.59 Å². The van der Waals surface area contributed by atoms with Crippen LogP contribution in [0.15, 0.2) is 53.1 Å². The van der Waals surface area contributed by atoms with Crippen LogP contribution in [0.25, 0.3) is 11.5 Å². The number of carbonyl (C=O) groups is 2. The van der Waals surface area contributed by atoms with E-state index in [1.807, 2.05) is 37.3 Å². The minimum absolute atomic E-state index is 0.128.